The van der Waals surface area contributed by atoms with Crippen molar-refractivity contribution in [2.75, 3.05) is 0 Å². The van der Waals surface area contributed by atoms with Gasteiger partial charge in [0.25, 0.3) is 11.6 Å². The fourth-order valence-corrected chi connectivity index (χ4v) is 1.76. The summed E-state index contributed by atoms with van der Waals surface area (Å²) in [6.45, 7) is 0. The first kappa shape index (κ1) is 15.8. The summed E-state index contributed by atoms with van der Waals surface area (Å²) in [6, 6.07) is 11.3. The number of carbonyl (C=O) groups excluding carboxylic acids is 1. The summed E-state index contributed by atoms with van der Waals surface area (Å²) in [6.07, 6.45) is 1.30. The lowest BCUT2D eigenvalue weighted by molar-refractivity contribution is -0.385. The van der Waals surface area contributed by atoms with Gasteiger partial charge in [-0.15, -0.1) is 0 Å². The maximum Gasteiger partial charge on any atom is 0.335 e. The van der Waals surface area contributed by atoms with Crippen LogP contribution in [0.1, 0.15) is 26.3 Å². The highest BCUT2D eigenvalue weighted by Gasteiger charge is 2.18. The molecule has 2 N–H and O–H groups in total. The van der Waals surface area contributed by atoms with Gasteiger partial charge in [-0.3, -0.25) is 14.9 Å². The molecule has 2 aromatic rings. The van der Waals surface area contributed by atoms with E-state index in [1.54, 1.807) is 0 Å². The quantitative estimate of drug-likeness (QED) is 0.497. The summed E-state index contributed by atoms with van der Waals surface area (Å²) in [5.74, 6) is -1.76. The van der Waals surface area contributed by atoms with E-state index in [-0.39, 0.29) is 16.8 Å². The first-order chi connectivity index (χ1) is 11.0. The molecule has 0 heterocycles. The van der Waals surface area contributed by atoms with E-state index in [0.29, 0.717) is 5.56 Å². The second-order valence-corrected chi connectivity index (χ2v) is 4.40. The summed E-state index contributed by atoms with van der Waals surface area (Å²) in [5.41, 5.74) is 2.47. The highest BCUT2D eigenvalue weighted by atomic mass is 16.6. The van der Waals surface area contributed by atoms with Crippen molar-refractivity contribution in [3.63, 3.8) is 0 Å². The van der Waals surface area contributed by atoms with Gasteiger partial charge in [-0.2, -0.15) is 5.10 Å². The number of para-hydroxylation sites is 1. The molecule has 0 fully saturated rings. The Balaban J connectivity index is 2.07. The Kier molecular flexibility index (Phi) is 4.78. The van der Waals surface area contributed by atoms with E-state index in [2.05, 4.69) is 10.5 Å². The number of rotatable bonds is 5. The molecule has 8 heteroatoms. The molecule has 2 aromatic carbocycles. The minimum absolute atomic E-state index is 0.101. The van der Waals surface area contributed by atoms with Crippen LogP contribution in [0.15, 0.2) is 53.6 Å². The molecule has 8 nitrogen and oxygen atoms in total. The Bertz CT molecular complexity index is 784. The van der Waals surface area contributed by atoms with Gasteiger partial charge in [-0.1, -0.05) is 24.3 Å². The number of nitrogens with one attached hydrogen (secondary N) is 1. The van der Waals surface area contributed by atoms with Gasteiger partial charge in [0.15, 0.2) is 0 Å². The van der Waals surface area contributed by atoms with Gasteiger partial charge in [0.1, 0.15) is 5.56 Å². The third-order valence-electron chi connectivity index (χ3n) is 2.88. The Morgan fingerprint density at radius 3 is 2.39 bits per heavy atom. The first-order valence-electron chi connectivity index (χ1n) is 6.39. The van der Waals surface area contributed by atoms with Crippen molar-refractivity contribution in [2.24, 2.45) is 5.10 Å². The van der Waals surface area contributed by atoms with Crippen LogP contribution in [-0.2, 0) is 0 Å². The largest absolute Gasteiger partial charge is 0.478 e. The van der Waals surface area contributed by atoms with Crippen molar-refractivity contribution >= 4 is 23.8 Å². The highest BCUT2D eigenvalue weighted by Crippen LogP contribution is 2.17. The highest BCUT2D eigenvalue weighted by molar-refractivity contribution is 5.98. The molecular formula is C15H11N3O5. The number of carboxylic acids is 1. The van der Waals surface area contributed by atoms with Crippen LogP contribution in [0.2, 0.25) is 0 Å². The second-order valence-electron chi connectivity index (χ2n) is 4.40. The first-order valence-corrected chi connectivity index (χ1v) is 6.39. The molecule has 2 rings (SSSR count). The van der Waals surface area contributed by atoms with Crippen molar-refractivity contribution in [1.82, 2.24) is 5.43 Å². The molecule has 0 spiro atoms. The monoisotopic (exact) mass is 313 g/mol. The second kappa shape index (κ2) is 6.94. The topological polar surface area (TPSA) is 122 Å². The minimum Gasteiger partial charge on any atom is -0.478 e. The molecule has 0 unspecified atom stereocenters. The maximum atomic E-state index is 11.9. The molecule has 0 bridgehead atoms. The molecule has 0 aromatic heterocycles. The number of aromatic carboxylic acids is 1. The zero-order valence-corrected chi connectivity index (χ0v) is 11.7. The lowest BCUT2D eigenvalue weighted by atomic mass is 10.1. The number of nitrogens with zero attached hydrogens (tertiary/aromatic N) is 2. The summed E-state index contributed by atoms with van der Waals surface area (Å²) >= 11 is 0. The number of nitro benzene ring substituents is 1. The van der Waals surface area contributed by atoms with Crippen LogP contribution < -0.4 is 5.43 Å². The zero-order valence-electron chi connectivity index (χ0n) is 11.7. The van der Waals surface area contributed by atoms with E-state index in [1.165, 1.54) is 54.7 Å². The van der Waals surface area contributed by atoms with Crippen LogP contribution in [0.25, 0.3) is 0 Å². The average Bonchev–Trinajstić information content (AvgIpc) is 2.55. The minimum atomic E-state index is -1.04. The molecule has 23 heavy (non-hydrogen) atoms. The third-order valence-corrected chi connectivity index (χ3v) is 2.88. The molecule has 1 amide bonds. The van der Waals surface area contributed by atoms with E-state index < -0.39 is 16.8 Å². The van der Waals surface area contributed by atoms with Crippen molar-refractivity contribution in [3.05, 3.63) is 75.3 Å². The van der Waals surface area contributed by atoms with Gasteiger partial charge in [0.2, 0.25) is 0 Å². The third kappa shape index (κ3) is 3.97. The van der Waals surface area contributed by atoms with Crippen LogP contribution in [-0.4, -0.2) is 28.1 Å². The van der Waals surface area contributed by atoms with Crippen molar-refractivity contribution in [1.29, 1.82) is 0 Å². The number of hydrogen-bond acceptors (Lipinski definition) is 5. The summed E-state index contributed by atoms with van der Waals surface area (Å²) in [4.78, 5) is 32.8. The molecular weight excluding hydrogens is 302 g/mol. The SMILES string of the molecule is O=C(O)c1ccc(/C=N\NC(=O)c2ccccc2[N+](=O)[O-])cc1. The lowest BCUT2D eigenvalue weighted by Gasteiger charge is -2.01. The van der Waals surface area contributed by atoms with E-state index in [4.69, 9.17) is 5.11 Å². The number of amides is 1. The van der Waals surface area contributed by atoms with Gasteiger partial charge in [0.05, 0.1) is 16.7 Å². The standard InChI is InChI=1S/C15H11N3O5/c19-14(12-3-1-2-4-13(12)18(22)23)17-16-9-10-5-7-11(8-6-10)15(20)21/h1-9H,(H,17,19)(H,20,21)/b16-9-. The molecule has 0 atom stereocenters. The van der Waals surface area contributed by atoms with Gasteiger partial charge in [-0.25, -0.2) is 10.2 Å². The number of hydrazone groups is 1. The molecule has 116 valence electrons. The van der Waals surface area contributed by atoms with E-state index in [1.807, 2.05) is 0 Å². The van der Waals surface area contributed by atoms with Crippen LogP contribution >= 0.6 is 0 Å². The molecule has 0 aliphatic rings. The van der Waals surface area contributed by atoms with Crippen molar-refractivity contribution in [2.45, 2.75) is 0 Å². The van der Waals surface area contributed by atoms with Crippen LogP contribution in [0.3, 0.4) is 0 Å². The summed E-state index contributed by atoms with van der Waals surface area (Å²) in [7, 11) is 0. The molecule has 0 aliphatic carbocycles. The molecule has 0 saturated heterocycles. The lowest BCUT2D eigenvalue weighted by Crippen LogP contribution is -2.18. The van der Waals surface area contributed by atoms with E-state index >= 15 is 0 Å². The molecule has 0 radical (unpaired) electrons. The van der Waals surface area contributed by atoms with Crippen LogP contribution in [0.5, 0.6) is 0 Å². The summed E-state index contributed by atoms with van der Waals surface area (Å²) in [5, 5.41) is 23.3. The molecule has 0 aliphatic heterocycles. The van der Waals surface area contributed by atoms with Crippen LogP contribution in [0, 0.1) is 10.1 Å². The van der Waals surface area contributed by atoms with Gasteiger partial charge in [0, 0.05) is 6.07 Å². The Hall–Kier alpha value is -3.55. The fraction of sp³-hybridized carbons (Fsp3) is 0. The zero-order chi connectivity index (χ0) is 16.8. The predicted molar refractivity (Wildman–Crippen MR) is 81.6 cm³/mol. The Labute approximate surface area is 130 Å². The van der Waals surface area contributed by atoms with Crippen LogP contribution in [0.4, 0.5) is 5.69 Å². The van der Waals surface area contributed by atoms with Gasteiger partial charge >= 0.3 is 5.97 Å². The number of carboxylic acid groups (broad SMARTS) is 1. The Morgan fingerprint density at radius 2 is 1.78 bits per heavy atom. The summed E-state index contributed by atoms with van der Waals surface area (Å²) < 4.78 is 0. The Morgan fingerprint density at radius 1 is 1.13 bits per heavy atom. The average molecular weight is 313 g/mol. The maximum absolute atomic E-state index is 11.9. The molecule has 0 saturated carbocycles. The van der Waals surface area contributed by atoms with E-state index in [9.17, 15) is 19.7 Å². The predicted octanol–water partition coefficient (Wildman–Crippen LogP) is 2.06. The number of carbonyl (C=O) groups is 2. The van der Waals surface area contributed by atoms with Gasteiger partial charge < -0.3 is 5.11 Å². The van der Waals surface area contributed by atoms with Crippen molar-refractivity contribution in [3.8, 4) is 0 Å². The number of benzene rings is 2. The normalized spacial score (nSPS) is 10.4. The number of nitro groups is 1. The smallest absolute Gasteiger partial charge is 0.335 e. The van der Waals surface area contributed by atoms with E-state index in [0.717, 1.165) is 0 Å². The van der Waals surface area contributed by atoms with Gasteiger partial charge in [-0.05, 0) is 23.8 Å². The van der Waals surface area contributed by atoms with Crippen molar-refractivity contribution < 1.29 is 19.6 Å². The number of hydrogen-bond donors (Lipinski definition) is 2. The fourth-order valence-electron chi connectivity index (χ4n) is 1.76.